The fourth-order valence-electron chi connectivity index (χ4n) is 2.57. The Kier molecular flexibility index (Phi) is 3.04. The molecule has 1 fully saturated rings. The van der Waals surface area contributed by atoms with E-state index in [2.05, 4.69) is 50.5 Å². The molecule has 1 aliphatic rings. The van der Waals surface area contributed by atoms with Crippen LogP contribution in [0.15, 0.2) is 12.1 Å². The molecule has 2 nitrogen and oxygen atoms in total. The van der Waals surface area contributed by atoms with Crippen LogP contribution < -0.4 is 10.6 Å². The van der Waals surface area contributed by atoms with Gasteiger partial charge in [-0.2, -0.15) is 0 Å². The van der Waals surface area contributed by atoms with Crippen LogP contribution in [0.2, 0.25) is 0 Å². The molecule has 2 heteroatoms. The summed E-state index contributed by atoms with van der Waals surface area (Å²) < 4.78 is 0. The van der Waals surface area contributed by atoms with Gasteiger partial charge in [-0.25, -0.2) is 0 Å². The minimum absolute atomic E-state index is 0.0841. The van der Waals surface area contributed by atoms with E-state index in [4.69, 9.17) is 0 Å². The smallest absolute Gasteiger partial charge is 0.0535 e. The van der Waals surface area contributed by atoms with E-state index in [-0.39, 0.29) is 5.54 Å². The summed E-state index contributed by atoms with van der Waals surface area (Å²) in [7, 11) is 0. The maximum absolute atomic E-state index is 3.64. The molecule has 1 aromatic rings. The summed E-state index contributed by atoms with van der Waals surface area (Å²) in [5, 5.41) is 7.11. The Labute approximate surface area is 98.4 Å². The normalized spacial score (nSPS) is 25.8. The van der Waals surface area contributed by atoms with Gasteiger partial charge in [-0.15, -0.1) is 0 Å². The fourth-order valence-corrected chi connectivity index (χ4v) is 2.57. The summed E-state index contributed by atoms with van der Waals surface area (Å²) in [4.78, 5) is 0. The van der Waals surface area contributed by atoms with Gasteiger partial charge >= 0.3 is 0 Å². The van der Waals surface area contributed by atoms with Crippen LogP contribution in [0.3, 0.4) is 0 Å². The van der Waals surface area contributed by atoms with Crippen LogP contribution in [0, 0.1) is 20.8 Å². The molecule has 1 heterocycles. The van der Waals surface area contributed by atoms with E-state index in [0.717, 1.165) is 19.6 Å². The van der Waals surface area contributed by atoms with Crippen molar-refractivity contribution < 1.29 is 0 Å². The van der Waals surface area contributed by atoms with Crippen molar-refractivity contribution in [1.82, 2.24) is 10.6 Å². The van der Waals surface area contributed by atoms with Crippen LogP contribution in [-0.2, 0) is 5.54 Å². The van der Waals surface area contributed by atoms with Crippen LogP contribution in [0.1, 0.15) is 29.2 Å². The lowest BCUT2D eigenvalue weighted by atomic mass is 9.84. The summed E-state index contributed by atoms with van der Waals surface area (Å²) in [5.41, 5.74) is 5.75. The van der Waals surface area contributed by atoms with Gasteiger partial charge in [0.2, 0.25) is 0 Å². The second-order valence-corrected chi connectivity index (χ2v) is 5.12. The molecule has 1 atom stereocenters. The Morgan fingerprint density at radius 2 is 1.81 bits per heavy atom. The fraction of sp³-hybridized carbons (Fsp3) is 0.571. The first-order valence-corrected chi connectivity index (χ1v) is 6.07. The monoisotopic (exact) mass is 218 g/mol. The van der Waals surface area contributed by atoms with Crippen molar-refractivity contribution in [2.24, 2.45) is 0 Å². The van der Waals surface area contributed by atoms with Gasteiger partial charge in [-0.05, 0) is 49.9 Å². The van der Waals surface area contributed by atoms with Gasteiger partial charge in [-0.3, -0.25) is 0 Å². The molecule has 0 bridgehead atoms. The largest absolute Gasteiger partial charge is 0.313 e. The first kappa shape index (κ1) is 11.6. The molecule has 2 N–H and O–H groups in total. The molecular formula is C14H22N2. The van der Waals surface area contributed by atoms with E-state index in [0.29, 0.717) is 0 Å². The molecule has 1 aliphatic heterocycles. The molecule has 0 aromatic heterocycles. The van der Waals surface area contributed by atoms with Crippen molar-refractivity contribution in [3.8, 4) is 0 Å². The molecule has 2 rings (SSSR count). The molecule has 88 valence electrons. The molecule has 16 heavy (non-hydrogen) atoms. The van der Waals surface area contributed by atoms with Crippen molar-refractivity contribution in [1.29, 1.82) is 0 Å². The summed E-state index contributed by atoms with van der Waals surface area (Å²) in [6.07, 6.45) is 0. The number of hydrogen-bond donors (Lipinski definition) is 2. The zero-order valence-electron chi connectivity index (χ0n) is 10.8. The van der Waals surface area contributed by atoms with Crippen LogP contribution in [-0.4, -0.2) is 19.6 Å². The first-order valence-electron chi connectivity index (χ1n) is 6.07. The number of rotatable bonds is 1. The molecule has 0 aliphatic carbocycles. The van der Waals surface area contributed by atoms with E-state index in [1.54, 1.807) is 0 Å². The van der Waals surface area contributed by atoms with Gasteiger partial charge < -0.3 is 10.6 Å². The van der Waals surface area contributed by atoms with Gasteiger partial charge in [0.25, 0.3) is 0 Å². The first-order chi connectivity index (χ1) is 7.54. The Bertz CT molecular complexity index is 390. The number of hydrogen-bond acceptors (Lipinski definition) is 2. The van der Waals surface area contributed by atoms with Crippen LogP contribution in [0.4, 0.5) is 0 Å². The Hall–Kier alpha value is -0.860. The predicted octanol–water partition coefficient (Wildman–Crippen LogP) is 2.02. The van der Waals surface area contributed by atoms with Gasteiger partial charge in [0.05, 0.1) is 5.54 Å². The summed E-state index contributed by atoms with van der Waals surface area (Å²) in [6, 6.07) is 4.51. The van der Waals surface area contributed by atoms with Crippen molar-refractivity contribution in [2.75, 3.05) is 19.6 Å². The number of piperazine rings is 1. The van der Waals surface area contributed by atoms with Gasteiger partial charge in [0.15, 0.2) is 0 Å². The van der Waals surface area contributed by atoms with Crippen molar-refractivity contribution >= 4 is 0 Å². The quantitative estimate of drug-likeness (QED) is 0.753. The average molecular weight is 218 g/mol. The lowest BCUT2D eigenvalue weighted by Crippen LogP contribution is -2.55. The summed E-state index contributed by atoms with van der Waals surface area (Å²) in [6.45, 7) is 12.0. The van der Waals surface area contributed by atoms with Gasteiger partial charge in [0, 0.05) is 19.6 Å². The second-order valence-electron chi connectivity index (χ2n) is 5.12. The highest BCUT2D eigenvalue weighted by Crippen LogP contribution is 2.28. The van der Waals surface area contributed by atoms with Crippen LogP contribution >= 0.6 is 0 Å². The van der Waals surface area contributed by atoms with Crippen LogP contribution in [0.25, 0.3) is 0 Å². The third-order valence-electron chi connectivity index (χ3n) is 3.95. The maximum Gasteiger partial charge on any atom is 0.0535 e. The van der Waals surface area contributed by atoms with Crippen LogP contribution in [0.5, 0.6) is 0 Å². The van der Waals surface area contributed by atoms with E-state index in [1.807, 2.05) is 0 Å². The van der Waals surface area contributed by atoms with E-state index in [9.17, 15) is 0 Å². The van der Waals surface area contributed by atoms with Gasteiger partial charge in [-0.1, -0.05) is 12.1 Å². The number of aryl methyl sites for hydroxylation is 1. The summed E-state index contributed by atoms with van der Waals surface area (Å²) in [5.74, 6) is 0. The zero-order valence-corrected chi connectivity index (χ0v) is 10.8. The highest BCUT2D eigenvalue weighted by molar-refractivity contribution is 5.42. The SMILES string of the molecule is Cc1ccc(C2(C)CNCCN2)c(C)c1C. The lowest BCUT2D eigenvalue weighted by molar-refractivity contribution is 0.301. The van der Waals surface area contributed by atoms with Gasteiger partial charge in [0.1, 0.15) is 0 Å². The molecule has 1 saturated heterocycles. The highest BCUT2D eigenvalue weighted by atomic mass is 15.1. The molecule has 0 saturated carbocycles. The minimum atomic E-state index is 0.0841. The maximum atomic E-state index is 3.64. The molecule has 0 amide bonds. The predicted molar refractivity (Wildman–Crippen MR) is 68.9 cm³/mol. The average Bonchev–Trinajstić information content (AvgIpc) is 2.27. The molecule has 1 aromatic carbocycles. The lowest BCUT2D eigenvalue weighted by Gasteiger charge is -2.37. The Morgan fingerprint density at radius 3 is 2.44 bits per heavy atom. The zero-order chi connectivity index (χ0) is 11.8. The Morgan fingerprint density at radius 1 is 1.06 bits per heavy atom. The number of benzene rings is 1. The molecule has 0 radical (unpaired) electrons. The minimum Gasteiger partial charge on any atom is -0.313 e. The van der Waals surface area contributed by atoms with Crippen molar-refractivity contribution in [3.05, 3.63) is 34.4 Å². The van der Waals surface area contributed by atoms with Crippen molar-refractivity contribution in [2.45, 2.75) is 33.2 Å². The topological polar surface area (TPSA) is 24.1 Å². The second kappa shape index (κ2) is 4.19. The molecule has 0 spiro atoms. The van der Waals surface area contributed by atoms with E-state index < -0.39 is 0 Å². The summed E-state index contributed by atoms with van der Waals surface area (Å²) >= 11 is 0. The molecular weight excluding hydrogens is 196 g/mol. The van der Waals surface area contributed by atoms with Crippen molar-refractivity contribution in [3.63, 3.8) is 0 Å². The van der Waals surface area contributed by atoms with E-state index >= 15 is 0 Å². The van der Waals surface area contributed by atoms with E-state index in [1.165, 1.54) is 22.3 Å². The number of nitrogens with one attached hydrogen (secondary N) is 2. The third-order valence-corrected chi connectivity index (χ3v) is 3.95. The third kappa shape index (κ3) is 1.87. The standard InChI is InChI=1S/C14H22N2/c1-10-5-6-13(12(3)11(10)2)14(4)9-15-7-8-16-14/h5-6,15-16H,7-9H2,1-4H3. The highest BCUT2D eigenvalue weighted by Gasteiger charge is 2.29. The molecule has 1 unspecified atom stereocenters. The Balaban J connectivity index is 2.43.